The van der Waals surface area contributed by atoms with Crippen LogP contribution in [0.1, 0.15) is 31.7 Å². The van der Waals surface area contributed by atoms with Gasteiger partial charge in [-0.15, -0.1) is 0 Å². The van der Waals surface area contributed by atoms with E-state index in [2.05, 4.69) is 10.3 Å². The minimum absolute atomic E-state index is 0.187. The lowest BCUT2D eigenvalue weighted by atomic mass is 9.90. The topological polar surface area (TPSA) is 90.4 Å². The van der Waals surface area contributed by atoms with Gasteiger partial charge in [0.25, 0.3) is 0 Å². The first-order valence-electron chi connectivity index (χ1n) is 7.77. The molecule has 2 heterocycles. The fourth-order valence-electron chi connectivity index (χ4n) is 2.59. The Hall–Kier alpha value is -2.18. The van der Waals surface area contributed by atoms with Gasteiger partial charge in [-0.2, -0.15) is 0 Å². The maximum Gasteiger partial charge on any atom is 0.240 e. The van der Waals surface area contributed by atoms with Crippen LogP contribution < -0.4 is 11.1 Å². The summed E-state index contributed by atoms with van der Waals surface area (Å²) in [6, 6.07) is 9.37. The van der Waals surface area contributed by atoms with Gasteiger partial charge in [-0.25, -0.2) is 4.98 Å². The zero-order valence-corrected chi connectivity index (χ0v) is 13.1. The maximum absolute atomic E-state index is 12.4. The Labute approximate surface area is 135 Å². The maximum atomic E-state index is 12.4. The summed E-state index contributed by atoms with van der Waals surface area (Å²) in [7, 11) is 0. The summed E-state index contributed by atoms with van der Waals surface area (Å²) in [5, 5.41) is 2.90. The molecule has 1 aromatic carbocycles. The number of carbonyl (C=O) groups is 1. The van der Waals surface area contributed by atoms with Crippen LogP contribution in [-0.4, -0.2) is 29.6 Å². The van der Waals surface area contributed by atoms with Crippen molar-refractivity contribution in [3.8, 4) is 11.3 Å². The highest BCUT2D eigenvalue weighted by Crippen LogP contribution is 2.24. The normalized spacial score (nSPS) is 18.3. The Morgan fingerprint density at radius 1 is 1.30 bits per heavy atom. The number of carbonyl (C=O) groups excluding carboxylic acids is 1. The molecule has 0 aliphatic carbocycles. The minimum Gasteiger partial charge on any atom is -0.438 e. The SMILES string of the molecule is CC(NC(=O)C1(N)CCOCC1)c1ncc(-c2ccccc2)o1. The van der Waals surface area contributed by atoms with Crippen LogP contribution in [0.5, 0.6) is 0 Å². The summed E-state index contributed by atoms with van der Waals surface area (Å²) in [5.74, 6) is 0.954. The van der Waals surface area contributed by atoms with Crippen molar-refractivity contribution >= 4 is 5.91 Å². The van der Waals surface area contributed by atoms with Gasteiger partial charge in [-0.1, -0.05) is 30.3 Å². The minimum atomic E-state index is -0.874. The number of rotatable bonds is 4. The highest BCUT2D eigenvalue weighted by atomic mass is 16.5. The van der Waals surface area contributed by atoms with Crippen LogP contribution >= 0.6 is 0 Å². The lowest BCUT2D eigenvalue weighted by Crippen LogP contribution is -2.57. The van der Waals surface area contributed by atoms with E-state index < -0.39 is 5.54 Å². The molecule has 0 bridgehead atoms. The van der Waals surface area contributed by atoms with Crippen LogP contribution in [0.25, 0.3) is 11.3 Å². The third-order valence-corrected chi connectivity index (χ3v) is 4.14. The zero-order valence-electron chi connectivity index (χ0n) is 13.1. The number of amides is 1. The second-order valence-corrected chi connectivity index (χ2v) is 5.89. The molecule has 3 rings (SSSR count). The number of nitrogens with two attached hydrogens (primary N) is 1. The van der Waals surface area contributed by atoms with Crippen LogP contribution in [0.3, 0.4) is 0 Å². The van der Waals surface area contributed by atoms with Crippen molar-refractivity contribution < 1.29 is 13.9 Å². The molecule has 2 aromatic rings. The molecule has 1 amide bonds. The first-order chi connectivity index (χ1) is 11.1. The van der Waals surface area contributed by atoms with Crippen LogP contribution in [0.15, 0.2) is 40.9 Å². The fourth-order valence-corrected chi connectivity index (χ4v) is 2.59. The average molecular weight is 315 g/mol. The van der Waals surface area contributed by atoms with Gasteiger partial charge < -0.3 is 20.2 Å². The van der Waals surface area contributed by atoms with Crippen LogP contribution in [0.2, 0.25) is 0 Å². The highest BCUT2D eigenvalue weighted by Gasteiger charge is 2.36. The van der Waals surface area contributed by atoms with Gasteiger partial charge in [0.15, 0.2) is 5.76 Å². The molecule has 0 spiro atoms. The summed E-state index contributed by atoms with van der Waals surface area (Å²) in [5.41, 5.74) is 6.26. The van der Waals surface area contributed by atoms with E-state index in [1.165, 1.54) is 0 Å². The van der Waals surface area contributed by atoms with Gasteiger partial charge in [-0.05, 0) is 19.8 Å². The number of nitrogens with one attached hydrogen (secondary N) is 1. The molecule has 6 heteroatoms. The summed E-state index contributed by atoms with van der Waals surface area (Å²) >= 11 is 0. The van der Waals surface area contributed by atoms with E-state index in [4.69, 9.17) is 14.9 Å². The predicted molar refractivity (Wildman–Crippen MR) is 85.5 cm³/mol. The third-order valence-electron chi connectivity index (χ3n) is 4.14. The molecule has 1 fully saturated rings. The lowest BCUT2D eigenvalue weighted by Gasteiger charge is -2.32. The number of benzene rings is 1. The molecule has 1 aliphatic rings. The average Bonchev–Trinajstić information content (AvgIpc) is 3.06. The van der Waals surface area contributed by atoms with Crippen molar-refractivity contribution in [1.82, 2.24) is 10.3 Å². The largest absolute Gasteiger partial charge is 0.438 e. The van der Waals surface area contributed by atoms with Gasteiger partial charge >= 0.3 is 0 Å². The van der Waals surface area contributed by atoms with Crippen molar-refractivity contribution in [2.75, 3.05) is 13.2 Å². The molecule has 3 N–H and O–H groups in total. The number of ether oxygens (including phenoxy) is 1. The molecule has 1 atom stereocenters. The highest BCUT2D eigenvalue weighted by molar-refractivity contribution is 5.86. The van der Waals surface area contributed by atoms with Gasteiger partial charge in [0.1, 0.15) is 6.04 Å². The Bertz CT molecular complexity index is 663. The van der Waals surface area contributed by atoms with Crippen molar-refractivity contribution in [3.63, 3.8) is 0 Å². The standard InChI is InChI=1S/C17H21N3O3/c1-12(20-16(21)17(18)7-9-22-10-8-17)15-19-11-14(23-15)13-5-3-2-4-6-13/h2-6,11-12H,7-10,18H2,1H3,(H,20,21). The molecule has 0 radical (unpaired) electrons. The van der Waals surface area contributed by atoms with Gasteiger partial charge in [0, 0.05) is 18.8 Å². The molecule has 6 nitrogen and oxygen atoms in total. The Morgan fingerprint density at radius 2 is 2.00 bits per heavy atom. The Balaban J connectivity index is 1.68. The van der Waals surface area contributed by atoms with E-state index in [1.807, 2.05) is 37.3 Å². The quantitative estimate of drug-likeness (QED) is 0.901. The van der Waals surface area contributed by atoms with E-state index >= 15 is 0 Å². The van der Waals surface area contributed by atoms with E-state index in [-0.39, 0.29) is 11.9 Å². The molecule has 1 unspecified atom stereocenters. The van der Waals surface area contributed by atoms with E-state index in [0.717, 1.165) is 5.56 Å². The number of aromatic nitrogens is 1. The zero-order chi connectivity index (χ0) is 16.3. The molecule has 122 valence electrons. The van der Waals surface area contributed by atoms with E-state index in [9.17, 15) is 4.79 Å². The van der Waals surface area contributed by atoms with Gasteiger partial charge in [-0.3, -0.25) is 4.79 Å². The van der Waals surface area contributed by atoms with E-state index in [0.29, 0.717) is 37.7 Å². The predicted octanol–water partition coefficient (Wildman–Crippen LogP) is 2.03. The first-order valence-corrected chi connectivity index (χ1v) is 7.77. The molecule has 0 saturated carbocycles. The van der Waals surface area contributed by atoms with Crippen LogP contribution in [0, 0.1) is 0 Å². The fraction of sp³-hybridized carbons (Fsp3) is 0.412. The van der Waals surface area contributed by atoms with Crippen molar-refractivity contribution in [2.45, 2.75) is 31.3 Å². The number of hydrogen-bond acceptors (Lipinski definition) is 5. The van der Waals surface area contributed by atoms with Crippen molar-refractivity contribution in [3.05, 3.63) is 42.4 Å². The first kappa shape index (κ1) is 15.7. The summed E-state index contributed by atoms with van der Waals surface area (Å²) in [4.78, 5) is 16.7. The second kappa shape index (κ2) is 6.52. The smallest absolute Gasteiger partial charge is 0.240 e. The molecular formula is C17H21N3O3. The van der Waals surface area contributed by atoms with Gasteiger partial charge in [0.05, 0.1) is 11.7 Å². The van der Waals surface area contributed by atoms with Crippen molar-refractivity contribution in [1.29, 1.82) is 0 Å². The number of oxazole rings is 1. The molecular weight excluding hydrogens is 294 g/mol. The van der Waals surface area contributed by atoms with E-state index in [1.54, 1.807) is 6.20 Å². The summed E-state index contributed by atoms with van der Waals surface area (Å²) in [6.07, 6.45) is 2.71. The lowest BCUT2D eigenvalue weighted by molar-refractivity contribution is -0.130. The Morgan fingerprint density at radius 3 is 2.70 bits per heavy atom. The van der Waals surface area contributed by atoms with Crippen LogP contribution in [-0.2, 0) is 9.53 Å². The Kier molecular flexibility index (Phi) is 4.45. The molecule has 1 aliphatic heterocycles. The van der Waals surface area contributed by atoms with Crippen LogP contribution in [0.4, 0.5) is 0 Å². The molecule has 1 aromatic heterocycles. The number of nitrogens with zero attached hydrogens (tertiary/aromatic N) is 1. The summed E-state index contributed by atoms with van der Waals surface area (Å²) < 4.78 is 11.0. The number of hydrogen-bond donors (Lipinski definition) is 2. The molecule has 1 saturated heterocycles. The van der Waals surface area contributed by atoms with Gasteiger partial charge in [0.2, 0.25) is 11.8 Å². The molecule has 23 heavy (non-hydrogen) atoms. The van der Waals surface area contributed by atoms with Crippen molar-refractivity contribution in [2.24, 2.45) is 5.73 Å². The monoisotopic (exact) mass is 315 g/mol. The summed E-state index contributed by atoms with van der Waals surface area (Å²) in [6.45, 7) is 2.85. The third kappa shape index (κ3) is 3.43. The second-order valence-electron chi connectivity index (χ2n) is 5.89.